The third-order valence-electron chi connectivity index (χ3n) is 4.27. The van der Waals surface area contributed by atoms with Gasteiger partial charge in [-0.05, 0) is 43.9 Å². The van der Waals surface area contributed by atoms with Gasteiger partial charge in [0.2, 0.25) is 0 Å². The Hall–Kier alpha value is -1.34. The number of benzene rings is 1. The van der Waals surface area contributed by atoms with E-state index in [1.54, 1.807) is 0 Å². The lowest BCUT2D eigenvalue weighted by atomic mass is 9.83. The smallest absolute Gasteiger partial charge is 0.167 e. The van der Waals surface area contributed by atoms with Gasteiger partial charge in [-0.25, -0.2) is 4.39 Å². The molecule has 1 aromatic rings. The van der Waals surface area contributed by atoms with Crippen LogP contribution in [0.5, 0.6) is 0 Å². The van der Waals surface area contributed by atoms with Gasteiger partial charge in [0.05, 0.1) is 11.6 Å². The zero-order valence-corrected chi connectivity index (χ0v) is 12.0. The normalized spacial score (nSPS) is 28.7. The van der Waals surface area contributed by atoms with Crippen LogP contribution in [-0.4, -0.2) is 16.3 Å². The Morgan fingerprint density at radius 1 is 1.30 bits per heavy atom. The van der Waals surface area contributed by atoms with Crippen LogP contribution in [0.15, 0.2) is 18.2 Å². The molecule has 2 saturated heterocycles. The minimum atomic E-state index is -0.464. The molecule has 2 heterocycles. The molecule has 2 bridgehead atoms. The number of hydrogen-bond acceptors (Lipinski definition) is 3. The first-order valence-corrected chi connectivity index (χ1v) is 8.01. The number of thioether (sulfide) groups is 1. The van der Waals surface area contributed by atoms with E-state index in [2.05, 4.69) is 0 Å². The molecule has 0 aliphatic carbocycles. The number of hydrogen-bond donors (Lipinski definition) is 0. The van der Waals surface area contributed by atoms with Crippen molar-refractivity contribution in [2.75, 3.05) is 0 Å². The van der Waals surface area contributed by atoms with Gasteiger partial charge in [0, 0.05) is 22.0 Å². The average molecular weight is 289 g/mol. The van der Waals surface area contributed by atoms with Crippen LogP contribution in [0.25, 0.3) is 0 Å². The quantitative estimate of drug-likeness (QED) is 0.774. The van der Waals surface area contributed by atoms with Crippen molar-refractivity contribution in [2.45, 2.75) is 42.6 Å². The molecule has 2 aliphatic heterocycles. The highest BCUT2D eigenvalue weighted by Gasteiger charge is 2.36. The molecule has 0 N–H and O–H groups in total. The second-order valence-electron chi connectivity index (χ2n) is 5.65. The number of halogens is 1. The number of nitrogens with zero attached hydrogens (tertiary/aromatic N) is 1. The molecule has 2 atom stereocenters. The van der Waals surface area contributed by atoms with Crippen molar-refractivity contribution in [1.82, 2.24) is 0 Å². The molecule has 0 saturated carbocycles. The zero-order chi connectivity index (χ0) is 14.1. The van der Waals surface area contributed by atoms with Crippen molar-refractivity contribution >= 4 is 17.5 Å². The second-order valence-corrected chi connectivity index (χ2v) is 7.25. The molecule has 4 heteroatoms. The van der Waals surface area contributed by atoms with Crippen LogP contribution in [0.1, 0.15) is 48.0 Å². The molecule has 0 spiro atoms. The fourth-order valence-corrected chi connectivity index (χ4v) is 5.15. The largest absolute Gasteiger partial charge is 0.294 e. The third kappa shape index (κ3) is 2.60. The van der Waals surface area contributed by atoms with Crippen molar-refractivity contribution in [3.8, 4) is 6.07 Å². The third-order valence-corrected chi connectivity index (χ3v) is 5.90. The van der Waals surface area contributed by atoms with Crippen LogP contribution < -0.4 is 0 Å². The first kappa shape index (κ1) is 13.6. The molecule has 104 valence electrons. The predicted octanol–water partition coefficient (Wildman–Crippen LogP) is 3.94. The molecular formula is C16H16FNOS. The van der Waals surface area contributed by atoms with Crippen molar-refractivity contribution in [3.63, 3.8) is 0 Å². The minimum Gasteiger partial charge on any atom is -0.294 e. The number of fused-ring (bicyclic) bond motifs is 2. The predicted molar refractivity (Wildman–Crippen MR) is 77.2 cm³/mol. The summed E-state index contributed by atoms with van der Waals surface area (Å²) < 4.78 is 13.2. The van der Waals surface area contributed by atoms with Gasteiger partial charge in [0.1, 0.15) is 5.82 Å². The lowest BCUT2D eigenvalue weighted by molar-refractivity contribution is 0.0896. The molecule has 2 aliphatic rings. The fourth-order valence-electron chi connectivity index (χ4n) is 3.32. The fraction of sp³-hybridized carbons (Fsp3) is 0.500. The minimum absolute atomic E-state index is 0.00381. The van der Waals surface area contributed by atoms with Gasteiger partial charge in [0.15, 0.2) is 5.78 Å². The van der Waals surface area contributed by atoms with Crippen LogP contribution in [0, 0.1) is 23.1 Å². The first-order valence-electron chi connectivity index (χ1n) is 7.06. The van der Waals surface area contributed by atoms with Crippen LogP contribution in [0.3, 0.4) is 0 Å². The first-order chi connectivity index (χ1) is 9.67. The highest BCUT2D eigenvalue weighted by Crippen LogP contribution is 2.44. The number of Topliss-reactive ketones (excluding diaryl/α,β-unsaturated/α-hetero) is 1. The lowest BCUT2D eigenvalue weighted by Gasteiger charge is -2.38. The Kier molecular flexibility index (Phi) is 3.80. The van der Waals surface area contributed by atoms with E-state index in [1.165, 1.54) is 31.4 Å². The number of rotatable bonds is 2. The van der Waals surface area contributed by atoms with Gasteiger partial charge < -0.3 is 0 Å². The van der Waals surface area contributed by atoms with Crippen molar-refractivity contribution < 1.29 is 9.18 Å². The topological polar surface area (TPSA) is 40.9 Å². The Morgan fingerprint density at radius 3 is 2.65 bits per heavy atom. The van der Waals surface area contributed by atoms with E-state index in [1.807, 2.05) is 17.8 Å². The van der Waals surface area contributed by atoms with E-state index in [0.717, 1.165) is 18.9 Å². The van der Waals surface area contributed by atoms with E-state index in [9.17, 15) is 9.18 Å². The van der Waals surface area contributed by atoms with Gasteiger partial charge in [-0.15, -0.1) is 0 Å². The summed E-state index contributed by atoms with van der Waals surface area (Å²) in [6, 6.07) is 5.84. The monoisotopic (exact) mass is 289 g/mol. The molecule has 2 unspecified atom stereocenters. The number of carbonyl (C=O) groups excluding carboxylic acids is 1. The summed E-state index contributed by atoms with van der Waals surface area (Å²) in [5, 5.41) is 10.2. The van der Waals surface area contributed by atoms with E-state index < -0.39 is 5.82 Å². The lowest BCUT2D eigenvalue weighted by Crippen LogP contribution is -2.33. The average Bonchev–Trinajstić information content (AvgIpc) is 2.46. The number of ketones is 1. The highest BCUT2D eigenvalue weighted by molar-refractivity contribution is 8.00. The zero-order valence-electron chi connectivity index (χ0n) is 11.1. The van der Waals surface area contributed by atoms with Crippen LogP contribution in [0.4, 0.5) is 4.39 Å². The van der Waals surface area contributed by atoms with Crippen LogP contribution in [0.2, 0.25) is 0 Å². The van der Waals surface area contributed by atoms with Crippen molar-refractivity contribution in [1.29, 1.82) is 5.26 Å². The van der Waals surface area contributed by atoms with Gasteiger partial charge in [-0.2, -0.15) is 17.0 Å². The molecule has 0 amide bonds. The van der Waals surface area contributed by atoms with Gasteiger partial charge >= 0.3 is 0 Å². The molecule has 1 aromatic carbocycles. The Bertz CT molecular complexity index is 568. The second kappa shape index (κ2) is 5.57. The molecule has 20 heavy (non-hydrogen) atoms. The van der Waals surface area contributed by atoms with Crippen LogP contribution in [-0.2, 0) is 0 Å². The molecule has 2 nitrogen and oxygen atoms in total. The maximum atomic E-state index is 13.2. The molecule has 3 rings (SSSR count). The van der Waals surface area contributed by atoms with E-state index in [-0.39, 0.29) is 17.3 Å². The Balaban J connectivity index is 1.84. The number of carbonyl (C=O) groups is 1. The van der Waals surface area contributed by atoms with Gasteiger partial charge in [-0.3, -0.25) is 4.79 Å². The van der Waals surface area contributed by atoms with E-state index in [0.29, 0.717) is 16.1 Å². The molecule has 0 aromatic heterocycles. The molecule has 0 radical (unpaired) electrons. The van der Waals surface area contributed by atoms with Crippen LogP contribution >= 0.6 is 11.8 Å². The summed E-state index contributed by atoms with van der Waals surface area (Å²) in [7, 11) is 0. The van der Waals surface area contributed by atoms with Crippen molar-refractivity contribution in [2.24, 2.45) is 5.92 Å². The standard InChI is InChI=1S/C16H16FNOS/c17-12-4-5-15(11(6-12)9-18)16(19)10-7-13-2-1-3-14(8-10)20-13/h4-6,10,13-14H,1-3,7-8H2. The van der Waals surface area contributed by atoms with Gasteiger partial charge in [0.25, 0.3) is 0 Å². The molecular weight excluding hydrogens is 273 g/mol. The van der Waals surface area contributed by atoms with E-state index >= 15 is 0 Å². The highest BCUT2D eigenvalue weighted by atomic mass is 32.2. The number of nitriles is 1. The Morgan fingerprint density at radius 2 is 2.00 bits per heavy atom. The summed E-state index contributed by atoms with van der Waals surface area (Å²) in [5.74, 6) is -0.433. The SMILES string of the molecule is N#Cc1cc(F)ccc1C(=O)C1CC2CCCC(C1)S2. The molecule has 2 fully saturated rings. The Labute approximate surface area is 122 Å². The maximum absolute atomic E-state index is 13.2. The van der Waals surface area contributed by atoms with Gasteiger partial charge in [-0.1, -0.05) is 6.42 Å². The summed E-state index contributed by atoms with van der Waals surface area (Å²) >= 11 is 2.02. The summed E-state index contributed by atoms with van der Waals surface area (Å²) in [4.78, 5) is 12.6. The summed E-state index contributed by atoms with van der Waals surface area (Å²) in [5.41, 5.74) is 0.558. The summed E-state index contributed by atoms with van der Waals surface area (Å²) in [6.07, 6.45) is 5.46. The van der Waals surface area contributed by atoms with E-state index in [4.69, 9.17) is 5.26 Å². The van der Waals surface area contributed by atoms with Crippen molar-refractivity contribution in [3.05, 3.63) is 35.1 Å². The summed E-state index contributed by atoms with van der Waals surface area (Å²) in [6.45, 7) is 0. The maximum Gasteiger partial charge on any atom is 0.167 e.